The third-order valence-electron chi connectivity index (χ3n) is 3.57. The Balaban J connectivity index is 2.08. The van der Waals surface area contributed by atoms with Gasteiger partial charge >= 0.3 is 0 Å². The van der Waals surface area contributed by atoms with Gasteiger partial charge in [0, 0.05) is 13.1 Å². The second-order valence-electron chi connectivity index (χ2n) is 4.48. The Kier molecular flexibility index (Phi) is 1.73. The third kappa shape index (κ3) is 1.22. The molecule has 0 amide bonds. The van der Waals surface area contributed by atoms with E-state index in [1.165, 1.54) is 18.9 Å². The van der Waals surface area contributed by atoms with Gasteiger partial charge in [0.2, 0.25) is 0 Å². The van der Waals surface area contributed by atoms with Crippen molar-refractivity contribution in [3.63, 3.8) is 0 Å². The summed E-state index contributed by atoms with van der Waals surface area (Å²) in [6.45, 7) is 4.09. The van der Waals surface area contributed by atoms with E-state index in [-0.39, 0.29) is 11.4 Å². The zero-order valence-electron chi connectivity index (χ0n) is 8.89. The molecule has 1 N–H and O–H groups in total. The highest BCUT2D eigenvalue weighted by molar-refractivity contribution is 5.74. The molecule has 0 bridgehead atoms. The number of nitrogens with one attached hydrogen (secondary N) is 1. The maximum absolute atomic E-state index is 13.2. The molecule has 2 aliphatic rings. The van der Waals surface area contributed by atoms with Crippen LogP contribution in [0.5, 0.6) is 0 Å². The first-order valence-electron chi connectivity index (χ1n) is 5.56. The molecule has 1 fully saturated rings. The van der Waals surface area contributed by atoms with Gasteiger partial charge in [-0.15, -0.1) is 0 Å². The summed E-state index contributed by atoms with van der Waals surface area (Å²) < 4.78 is 13.2. The maximum Gasteiger partial charge on any atom is 0.125 e. The van der Waals surface area contributed by atoms with E-state index in [9.17, 15) is 4.39 Å². The van der Waals surface area contributed by atoms with Gasteiger partial charge < -0.3 is 10.2 Å². The molecule has 1 aromatic rings. The van der Waals surface area contributed by atoms with Gasteiger partial charge in [-0.1, -0.05) is 0 Å². The van der Waals surface area contributed by atoms with Gasteiger partial charge in [-0.2, -0.15) is 0 Å². The Morgan fingerprint density at radius 3 is 2.93 bits per heavy atom. The molecule has 1 spiro atoms. The van der Waals surface area contributed by atoms with E-state index < -0.39 is 0 Å². The first-order chi connectivity index (χ1) is 7.25. The molecule has 2 nitrogen and oxygen atoms in total. The minimum Gasteiger partial charge on any atom is -0.381 e. The standard InChI is InChI=1S/C12H15FN2/c1-2-15-11-7-9(13)3-4-10(11)14-8-12(15)5-6-12/h3-4,7,14H,2,5-6,8H2,1H3. The summed E-state index contributed by atoms with van der Waals surface area (Å²) in [7, 11) is 0. The van der Waals surface area contributed by atoms with E-state index in [1.54, 1.807) is 6.07 Å². The van der Waals surface area contributed by atoms with Crippen molar-refractivity contribution >= 4 is 11.4 Å². The fourth-order valence-electron chi connectivity index (χ4n) is 2.59. The van der Waals surface area contributed by atoms with Crippen LogP contribution in [0.2, 0.25) is 0 Å². The molecule has 80 valence electrons. The highest BCUT2D eigenvalue weighted by Crippen LogP contribution is 2.49. The van der Waals surface area contributed by atoms with E-state index in [0.29, 0.717) is 0 Å². The van der Waals surface area contributed by atoms with Crippen LogP contribution < -0.4 is 10.2 Å². The molecule has 3 rings (SSSR count). The zero-order valence-corrected chi connectivity index (χ0v) is 8.89. The smallest absolute Gasteiger partial charge is 0.125 e. The molecule has 3 heteroatoms. The van der Waals surface area contributed by atoms with E-state index in [4.69, 9.17) is 0 Å². The molecule has 1 aliphatic heterocycles. The number of benzene rings is 1. The van der Waals surface area contributed by atoms with Crippen molar-refractivity contribution in [2.75, 3.05) is 23.3 Å². The lowest BCUT2D eigenvalue weighted by Crippen LogP contribution is -2.46. The number of nitrogens with zero attached hydrogens (tertiary/aromatic N) is 1. The van der Waals surface area contributed by atoms with Gasteiger partial charge in [0.15, 0.2) is 0 Å². The predicted octanol–water partition coefficient (Wildman–Crippen LogP) is 2.61. The monoisotopic (exact) mass is 206 g/mol. The summed E-state index contributed by atoms with van der Waals surface area (Å²) in [5.41, 5.74) is 2.38. The van der Waals surface area contributed by atoms with Crippen molar-refractivity contribution in [2.24, 2.45) is 0 Å². The van der Waals surface area contributed by atoms with Crippen LogP contribution in [-0.4, -0.2) is 18.6 Å². The number of anilines is 2. The number of hydrogen-bond donors (Lipinski definition) is 1. The Labute approximate surface area is 89.1 Å². The van der Waals surface area contributed by atoms with Crippen LogP contribution in [0.1, 0.15) is 19.8 Å². The first kappa shape index (κ1) is 9.01. The highest BCUT2D eigenvalue weighted by Gasteiger charge is 2.49. The molecule has 1 heterocycles. The minimum atomic E-state index is -0.147. The van der Waals surface area contributed by atoms with Crippen molar-refractivity contribution < 1.29 is 4.39 Å². The van der Waals surface area contributed by atoms with E-state index in [1.807, 2.05) is 6.07 Å². The lowest BCUT2D eigenvalue weighted by molar-refractivity contribution is 0.593. The SMILES string of the molecule is CCN1c2cc(F)ccc2NCC12CC2. The number of halogens is 1. The molecule has 1 saturated carbocycles. The Morgan fingerprint density at radius 2 is 2.27 bits per heavy atom. The second kappa shape index (κ2) is 2.87. The van der Waals surface area contributed by atoms with Crippen molar-refractivity contribution in [3.05, 3.63) is 24.0 Å². The average Bonchev–Trinajstić information content (AvgIpc) is 2.98. The van der Waals surface area contributed by atoms with E-state index in [0.717, 1.165) is 24.5 Å². The molecule has 0 aromatic heterocycles. The highest BCUT2D eigenvalue weighted by atomic mass is 19.1. The van der Waals surface area contributed by atoms with Gasteiger partial charge in [0.1, 0.15) is 5.82 Å². The van der Waals surface area contributed by atoms with Crippen LogP contribution in [-0.2, 0) is 0 Å². The molecular formula is C12H15FN2. The average molecular weight is 206 g/mol. The summed E-state index contributed by atoms with van der Waals surface area (Å²) in [6, 6.07) is 5.00. The lowest BCUT2D eigenvalue weighted by Gasteiger charge is -2.39. The van der Waals surface area contributed by atoms with Crippen LogP contribution in [0.4, 0.5) is 15.8 Å². The topological polar surface area (TPSA) is 15.3 Å². The lowest BCUT2D eigenvalue weighted by atomic mass is 10.1. The van der Waals surface area contributed by atoms with Gasteiger partial charge in [-0.3, -0.25) is 0 Å². The zero-order chi connectivity index (χ0) is 10.5. The van der Waals surface area contributed by atoms with E-state index >= 15 is 0 Å². The Morgan fingerprint density at radius 1 is 1.47 bits per heavy atom. The summed E-state index contributed by atoms with van der Waals surface area (Å²) in [5, 5.41) is 3.40. The molecule has 0 atom stereocenters. The number of likely N-dealkylation sites (N-methyl/N-ethyl adjacent to an activating group) is 1. The van der Waals surface area contributed by atoms with Gasteiger partial charge in [0.05, 0.1) is 16.9 Å². The molecule has 0 unspecified atom stereocenters. The minimum absolute atomic E-state index is 0.147. The quantitative estimate of drug-likeness (QED) is 0.759. The van der Waals surface area contributed by atoms with Crippen molar-refractivity contribution in [1.29, 1.82) is 0 Å². The number of fused-ring (bicyclic) bond motifs is 1. The van der Waals surface area contributed by atoms with Gasteiger partial charge in [-0.05, 0) is 38.0 Å². The fraction of sp³-hybridized carbons (Fsp3) is 0.500. The van der Waals surface area contributed by atoms with Crippen LogP contribution >= 0.6 is 0 Å². The summed E-state index contributed by atoms with van der Waals surface area (Å²) in [4.78, 5) is 2.35. The molecule has 15 heavy (non-hydrogen) atoms. The van der Waals surface area contributed by atoms with Crippen molar-refractivity contribution in [3.8, 4) is 0 Å². The largest absolute Gasteiger partial charge is 0.381 e. The molecule has 1 aliphatic carbocycles. The van der Waals surface area contributed by atoms with Crippen molar-refractivity contribution in [2.45, 2.75) is 25.3 Å². The number of rotatable bonds is 1. The van der Waals surface area contributed by atoms with Crippen LogP contribution in [0.25, 0.3) is 0 Å². The van der Waals surface area contributed by atoms with Crippen molar-refractivity contribution in [1.82, 2.24) is 0 Å². The molecule has 0 radical (unpaired) electrons. The Bertz CT molecular complexity index is 399. The van der Waals surface area contributed by atoms with Gasteiger partial charge in [-0.25, -0.2) is 4.39 Å². The normalized spacial score (nSPS) is 21.1. The Hall–Kier alpha value is -1.25. The van der Waals surface area contributed by atoms with Crippen LogP contribution in [0, 0.1) is 5.82 Å². The fourth-order valence-corrected chi connectivity index (χ4v) is 2.59. The number of hydrogen-bond acceptors (Lipinski definition) is 2. The third-order valence-corrected chi connectivity index (χ3v) is 3.57. The van der Waals surface area contributed by atoms with E-state index in [2.05, 4.69) is 17.1 Å². The summed E-state index contributed by atoms with van der Waals surface area (Å²) >= 11 is 0. The van der Waals surface area contributed by atoms with Crippen LogP contribution in [0.3, 0.4) is 0 Å². The maximum atomic E-state index is 13.2. The first-order valence-corrected chi connectivity index (χ1v) is 5.56. The predicted molar refractivity (Wildman–Crippen MR) is 59.9 cm³/mol. The van der Waals surface area contributed by atoms with Gasteiger partial charge in [0.25, 0.3) is 0 Å². The second-order valence-corrected chi connectivity index (χ2v) is 4.48. The summed E-state index contributed by atoms with van der Waals surface area (Å²) in [6.07, 6.45) is 2.45. The molecule has 0 saturated heterocycles. The van der Waals surface area contributed by atoms with Crippen LogP contribution in [0.15, 0.2) is 18.2 Å². The molecule has 1 aromatic carbocycles. The molecular weight excluding hydrogens is 191 g/mol. The summed E-state index contributed by atoms with van der Waals surface area (Å²) in [5.74, 6) is -0.147.